The fourth-order valence-corrected chi connectivity index (χ4v) is 10.7. The summed E-state index contributed by atoms with van der Waals surface area (Å²) in [6, 6.07) is 50.9. The van der Waals surface area contributed by atoms with E-state index in [4.69, 9.17) is 11.6 Å². The molecule has 0 amide bonds. The Morgan fingerprint density at radius 3 is 1.25 bits per heavy atom. The number of anilines is 6. The molecule has 1 aliphatic rings. The highest BCUT2D eigenvalue weighted by Crippen LogP contribution is 2.47. The molecule has 0 saturated carbocycles. The van der Waals surface area contributed by atoms with E-state index in [1.165, 1.54) is 26.7 Å². The lowest BCUT2D eigenvalue weighted by atomic mass is 10.1. The van der Waals surface area contributed by atoms with Crippen LogP contribution in [0, 0.1) is 20.8 Å². The fraction of sp³-hybridized carbons (Fsp3) is 0.100. The molecule has 6 aromatic carbocycles. The Kier molecular flexibility index (Phi) is 7.16. The van der Waals surface area contributed by atoms with Crippen LogP contribution in [0.25, 0.3) is 0 Å². The molecule has 4 heteroatoms. The summed E-state index contributed by atoms with van der Waals surface area (Å²) < 4.78 is 0. The number of benzene rings is 6. The minimum Gasteiger partial charge on any atom is -0.309 e. The maximum absolute atomic E-state index is 7.58. The largest absolute Gasteiger partial charge is 0.309 e. The molecule has 0 saturated heterocycles. The van der Waals surface area contributed by atoms with Crippen molar-refractivity contribution < 1.29 is 0 Å². The first-order valence-electron chi connectivity index (χ1n) is 15.1. The Hall–Kier alpha value is -4.57. The Labute approximate surface area is 266 Å². The zero-order valence-electron chi connectivity index (χ0n) is 25.6. The van der Waals surface area contributed by atoms with E-state index < -0.39 is 8.07 Å². The van der Waals surface area contributed by atoms with Crippen molar-refractivity contribution in [1.82, 2.24) is 0 Å². The van der Waals surface area contributed by atoms with Gasteiger partial charge in [0.15, 0.2) is 0 Å². The van der Waals surface area contributed by atoms with Gasteiger partial charge in [0.2, 0.25) is 0 Å². The number of halogens is 1. The second-order valence-corrected chi connectivity index (χ2v) is 16.4. The van der Waals surface area contributed by atoms with Gasteiger partial charge in [-0.15, -0.1) is 0 Å². The summed E-state index contributed by atoms with van der Waals surface area (Å²) in [5, 5.41) is 4.83. The van der Waals surface area contributed by atoms with Gasteiger partial charge in [0.1, 0.15) is 8.07 Å². The van der Waals surface area contributed by atoms with Gasteiger partial charge < -0.3 is 9.80 Å². The molecule has 0 aromatic heterocycles. The van der Waals surface area contributed by atoms with Crippen molar-refractivity contribution in [1.29, 1.82) is 0 Å². The minimum atomic E-state index is -2.49. The first-order valence-corrected chi connectivity index (χ1v) is 18.0. The van der Waals surface area contributed by atoms with E-state index in [0.29, 0.717) is 5.02 Å². The Morgan fingerprint density at radius 2 is 0.818 bits per heavy atom. The van der Waals surface area contributed by atoms with E-state index >= 15 is 0 Å². The predicted octanol–water partition coefficient (Wildman–Crippen LogP) is 9.62. The highest BCUT2D eigenvalue weighted by Gasteiger charge is 2.36. The summed E-state index contributed by atoms with van der Waals surface area (Å²) in [5.41, 5.74) is 9.89. The molecule has 44 heavy (non-hydrogen) atoms. The molecule has 7 rings (SSSR count). The summed E-state index contributed by atoms with van der Waals surface area (Å²) in [7, 11) is -2.49. The topological polar surface area (TPSA) is 6.48 Å². The van der Waals surface area contributed by atoms with Gasteiger partial charge in [-0.3, -0.25) is 0 Å². The summed E-state index contributed by atoms with van der Waals surface area (Å²) in [5.74, 6) is 0. The predicted molar refractivity (Wildman–Crippen MR) is 192 cm³/mol. The zero-order valence-corrected chi connectivity index (χ0v) is 27.3. The van der Waals surface area contributed by atoms with Crippen molar-refractivity contribution in [3.05, 3.63) is 161 Å². The van der Waals surface area contributed by atoms with Gasteiger partial charge in [0, 0.05) is 22.7 Å². The van der Waals surface area contributed by atoms with E-state index in [9.17, 15) is 0 Å². The molecule has 2 nitrogen and oxygen atoms in total. The lowest BCUT2D eigenvalue weighted by molar-refractivity contribution is 1.23. The smallest absolute Gasteiger partial charge is 0.145 e. The van der Waals surface area contributed by atoms with E-state index in [0.717, 1.165) is 39.7 Å². The van der Waals surface area contributed by atoms with Gasteiger partial charge >= 0.3 is 0 Å². The molecule has 0 radical (unpaired) electrons. The molecule has 6 aromatic rings. The van der Waals surface area contributed by atoms with Crippen LogP contribution < -0.4 is 25.4 Å². The van der Waals surface area contributed by atoms with Crippen molar-refractivity contribution in [2.45, 2.75) is 27.3 Å². The van der Waals surface area contributed by atoms with Crippen LogP contribution in [-0.2, 0) is 0 Å². The molecule has 0 spiro atoms. The number of rotatable bonds is 3. The van der Waals surface area contributed by atoms with E-state index in [1.54, 1.807) is 0 Å². The molecule has 6 bridgehead atoms. The van der Waals surface area contributed by atoms with Gasteiger partial charge in [-0.2, -0.15) is 0 Å². The highest BCUT2D eigenvalue weighted by atomic mass is 35.5. The second kappa shape index (κ2) is 11.2. The third-order valence-electron chi connectivity index (χ3n) is 8.84. The number of aryl methyl sites for hydroxylation is 3. The molecule has 1 heterocycles. The highest BCUT2D eigenvalue weighted by molar-refractivity contribution is 7.10. The van der Waals surface area contributed by atoms with E-state index in [2.05, 4.69) is 177 Å². The van der Waals surface area contributed by atoms with Gasteiger partial charge in [0.25, 0.3) is 0 Å². The lowest BCUT2D eigenvalue weighted by Crippen LogP contribution is -2.65. The van der Waals surface area contributed by atoms with Gasteiger partial charge in [-0.25, -0.2) is 0 Å². The fourth-order valence-electron chi connectivity index (χ4n) is 6.70. The van der Waals surface area contributed by atoms with Crippen molar-refractivity contribution in [3.8, 4) is 0 Å². The average molecular weight is 607 g/mol. The number of hydrogen-bond donors (Lipinski definition) is 0. The Balaban J connectivity index is 1.66. The van der Waals surface area contributed by atoms with Crippen molar-refractivity contribution in [3.63, 3.8) is 0 Å². The molecule has 0 aliphatic carbocycles. The van der Waals surface area contributed by atoms with Crippen LogP contribution in [0.2, 0.25) is 11.6 Å². The molecule has 0 atom stereocenters. The van der Waals surface area contributed by atoms with Crippen LogP contribution in [0.1, 0.15) is 16.7 Å². The monoisotopic (exact) mass is 606 g/mol. The first kappa shape index (κ1) is 28.2. The molecule has 0 N–H and O–H groups in total. The third kappa shape index (κ3) is 4.83. The van der Waals surface area contributed by atoms with E-state index in [1.807, 2.05) is 0 Å². The number of fused-ring (bicyclic) bond motifs is 6. The van der Waals surface area contributed by atoms with Crippen molar-refractivity contribution in [2.24, 2.45) is 0 Å². The molecular weight excluding hydrogens is 572 g/mol. The Bertz CT molecular complexity index is 1850. The molecular formula is C40H35ClN2Si. The van der Waals surface area contributed by atoms with Crippen LogP contribution in [0.4, 0.5) is 34.1 Å². The maximum Gasteiger partial charge on any atom is 0.145 e. The van der Waals surface area contributed by atoms with Gasteiger partial charge in [-0.1, -0.05) is 97.0 Å². The quantitative estimate of drug-likeness (QED) is 0.185. The summed E-state index contributed by atoms with van der Waals surface area (Å²) >= 11 is 7.58. The van der Waals surface area contributed by atoms with Crippen LogP contribution in [0.3, 0.4) is 0 Å². The minimum absolute atomic E-state index is 0.707. The number of nitrogens with zero attached hydrogens (tertiary/aromatic N) is 2. The molecule has 0 unspecified atom stereocenters. The third-order valence-corrected chi connectivity index (χ3v) is 13.6. The summed E-state index contributed by atoms with van der Waals surface area (Å²) in [6.45, 7) is 9.08. The molecule has 1 aliphatic heterocycles. The normalized spacial score (nSPS) is 13.7. The van der Waals surface area contributed by atoms with Crippen LogP contribution in [0.15, 0.2) is 140 Å². The van der Waals surface area contributed by atoms with Crippen LogP contribution in [0.5, 0.6) is 0 Å². The summed E-state index contributed by atoms with van der Waals surface area (Å²) in [6.07, 6.45) is 0. The van der Waals surface area contributed by atoms with Gasteiger partial charge in [0.05, 0.1) is 16.4 Å². The first-order chi connectivity index (χ1) is 21.3. The van der Waals surface area contributed by atoms with E-state index in [-0.39, 0.29) is 0 Å². The summed E-state index contributed by atoms with van der Waals surface area (Å²) in [4.78, 5) is 4.67. The lowest BCUT2D eigenvalue weighted by Gasteiger charge is -2.36. The van der Waals surface area contributed by atoms with Gasteiger partial charge in [-0.05, 0) is 114 Å². The average Bonchev–Trinajstić information content (AvgIpc) is 3.03. The van der Waals surface area contributed by atoms with Crippen LogP contribution in [-0.4, -0.2) is 8.07 Å². The SMILES string of the molecule is Cc1cc2cc(c1)[Si](C)(c1ccccc1)c1cc(C)cc(c1)N(c1ccccc1)c1cc(C)cc(c1Cl)N2c1ccccc1. The Morgan fingerprint density at radius 1 is 0.432 bits per heavy atom. The molecule has 216 valence electrons. The van der Waals surface area contributed by atoms with Crippen LogP contribution >= 0.6 is 11.6 Å². The standard InChI is InChI=1S/C40H35ClN2Si/c1-28-20-33-26-36(22-28)44(4,35-18-12-7-13-19-35)37-23-29(2)21-34(27-37)43(32-16-10-6-11-17-32)39-25-30(3)24-38(40(39)41)42(33)31-14-8-5-9-15-31/h5-27H,1-4H3. The maximum atomic E-state index is 7.58. The number of hydrogen-bond acceptors (Lipinski definition) is 2. The second-order valence-electron chi connectivity index (χ2n) is 12.1. The van der Waals surface area contributed by atoms with Crippen molar-refractivity contribution in [2.75, 3.05) is 9.80 Å². The van der Waals surface area contributed by atoms with Crippen molar-refractivity contribution >= 4 is 69.4 Å². The number of para-hydroxylation sites is 2. The zero-order chi connectivity index (χ0) is 30.4. The molecule has 0 fully saturated rings.